The van der Waals surface area contributed by atoms with Gasteiger partial charge in [-0.25, -0.2) is 0 Å². The molecule has 0 aliphatic heterocycles. The van der Waals surface area contributed by atoms with E-state index in [2.05, 4.69) is 10.6 Å². The average Bonchev–Trinajstić information content (AvgIpc) is 2.98. The predicted molar refractivity (Wildman–Crippen MR) is 157 cm³/mol. The zero-order chi connectivity index (χ0) is 32.3. The molecular formula is C28H20N6O10. The number of amides is 2. The summed E-state index contributed by atoms with van der Waals surface area (Å²) in [5, 5.41) is 49.9. The van der Waals surface area contributed by atoms with Crippen LogP contribution < -0.4 is 10.6 Å². The second kappa shape index (κ2) is 12.1. The van der Waals surface area contributed by atoms with E-state index in [1.54, 1.807) is 50.2 Å². The van der Waals surface area contributed by atoms with Gasteiger partial charge >= 0.3 is 0 Å². The van der Waals surface area contributed by atoms with Crippen LogP contribution in [0.25, 0.3) is 11.1 Å². The largest absolute Gasteiger partial charge is 0.322 e. The van der Waals surface area contributed by atoms with Crippen molar-refractivity contribution in [3.63, 3.8) is 0 Å². The molecule has 0 radical (unpaired) electrons. The molecule has 4 aromatic carbocycles. The molecular weight excluding hydrogens is 580 g/mol. The van der Waals surface area contributed by atoms with E-state index in [4.69, 9.17) is 0 Å². The Balaban J connectivity index is 1.54. The van der Waals surface area contributed by atoms with Gasteiger partial charge in [0.25, 0.3) is 34.6 Å². The highest BCUT2D eigenvalue weighted by molar-refractivity contribution is 6.08. The smallest absolute Gasteiger partial charge is 0.289 e. The van der Waals surface area contributed by atoms with Crippen LogP contribution >= 0.6 is 0 Å². The second-order valence-corrected chi connectivity index (χ2v) is 9.40. The molecule has 0 unspecified atom stereocenters. The molecule has 0 aromatic heterocycles. The van der Waals surface area contributed by atoms with Crippen molar-refractivity contribution in [1.29, 1.82) is 0 Å². The number of hydrogen-bond acceptors (Lipinski definition) is 10. The summed E-state index contributed by atoms with van der Waals surface area (Å²) in [6, 6.07) is 15.5. The van der Waals surface area contributed by atoms with E-state index in [0.717, 1.165) is 24.3 Å². The van der Waals surface area contributed by atoms with Gasteiger partial charge in [0.15, 0.2) is 0 Å². The highest BCUT2D eigenvalue weighted by Gasteiger charge is 2.26. The molecule has 0 saturated carbocycles. The molecule has 16 nitrogen and oxygen atoms in total. The Kier molecular flexibility index (Phi) is 8.36. The lowest BCUT2D eigenvalue weighted by Crippen LogP contribution is -2.15. The van der Waals surface area contributed by atoms with Crippen molar-refractivity contribution in [1.82, 2.24) is 0 Å². The Hall–Kier alpha value is -6.58. The van der Waals surface area contributed by atoms with Crippen LogP contribution in [0.15, 0.2) is 72.8 Å². The quantitative estimate of drug-likeness (QED) is 0.165. The molecule has 2 amide bonds. The number of non-ortho nitro benzene ring substituents is 2. The van der Waals surface area contributed by atoms with Crippen molar-refractivity contribution in [2.45, 2.75) is 13.8 Å². The first-order valence-electron chi connectivity index (χ1n) is 12.5. The zero-order valence-electron chi connectivity index (χ0n) is 22.8. The second-order valence-electron chi connectivity index (χ2n) is 9.40. The Morgan fingerprint density at radius 1 is 0.523 bits per heavy atom. The van der Waals surface area contributed by atoms with E-state index in [1.165, 1.54) is 0 Å². The fourth-order valence-corrected chi connectivity index (χ4v) is 4.30. The summed E-state index contributed by atoms with van der Waals surface area (Å²) in [4.78, 5) is 67.1. The van der Waals surface area contributed by atoms with E-state index in [1.807, 2.05) is 0 Å². The summed E-state index contributed by atoms with van der Waals surface area (Å²) in [7, 11) is 0. The van der Waals surface area contributed by atoms with Gasteiger partial charge in [0.1, 0.15) is 11.1 Å². The Labute approximate surface area is 246 Å². The Morgan fingerprint density at radius 3 is 1.18 bits per heavy atom. The number of nitro benzene ring substituents is 4. The molecule has 0 aliphatic rings. The number of carbonyl (C=O) groups excluding carboxylic acids is 2. The molecule has 0 fully saturated rings. The predicted octanol–water partition coefficient (Wildman–Crippen LogP) is 6.11. The maximum Gasteiger partial charge on any atom is 0.289 e. The topological polar surface area (TPSA) is 231 Å². The summed E-state index contributed by atoms with van der Waals surface area (Å²) in [5.41, 5.74) is 0.143. The molecule has 0 atom stereocenters. The first-order valence-corrected chi connectivity index (χ1v) is 12.5. The minimum Gasteiger partial charge on any atom is -0.322 e. The molecule has 4 aromatic rings. The van der Waals surface area contributed by atoms with Gasteiger partial charge in [-0.05, 0) is 72.5 Å². The van der Waals surface area contributed by atoms with Crippen molar-refractivity contribution in [2.24, 2.45) is 0 Å². The minimum atomic E-state index is -0.876. The number of anilines is 2. The number of aryl methyl sites for hydroxylation is 2. The normalized spacial score (nSPS) is 10.5. The van der Waals surface area contributed by atoms with Gasteiger partial charge in [0.05, 0.1) is 31.8 Å². The van der Waals surface area contributed by atoms with Crippen molar-refractivity contribution in [3.8, 4) is 11.1 Å². The molecule has 0 aliphatic carbocycles. The van der Waals surface area contributed by atoms with E-state index in [9.17, 15) is 50.0 Å². The number of nitrogens with zero attached hydrogens (tertiary/aromatic N) is 4. The number of nitro groups is 4. The zero-order valence-corrected chi connectivity index (χ0v) is 22.8. The van der Waals surface area contributed by atoms with Crippen LogP contribution in [-0.2, 0) is 0 Å². The van der Waals surface area contributed by atoms with Crippen LogP contribution in [0.2, 0.25) is 0 Å². The Morgan fingerprint density at radius 2 is 0.886 bits per heavy atom. The number of nitrogens with one attached hydrogen (secondary N) is 2. The van der Waals surface area contributed by atoms with Gasteiger partial charge in [-0.15, -0.1) is 0 Å². The first kappa shape index (κ1) is 30.4. The maximum absolute atomic E-state index is 12.8. The third kappa shape index (κ3) is 6.33. The van der Waals surface area contributed by atoms with Crippen molar-refractivity contribution < 1.29 is 29.3 Å². The molecule has 0 spiro atoms. The van der Waals surface area contributed by atoms with Crippen molar-refractivity contribution in [2.75, 3.05) is 10.6 Å². The van der Waals surface area contributed by atoms with E-state index < -0.39 is 54.3 Å². The van der Waals surface area contributed by atoms with Gasteiger partial charge in [-0.2, -0.15) is 0 Å². The average molecular weight is 601 g/mol. The van der Waals surface area contributed by atoms with Gasteiger partial charge in [0, 0.05) is 23.5 Å². The standard InChI is InChI=1S/C28H20N6O10/c1-15-11-17(3-9-23(15)29-27(35)21-7-5-19(31(37)38)13-25(21)33(41)42)18-4-10-24(16(2)12-18)30-28(36)22-8-6-20(32(39)40)14-26(22)34(43)44/h3-14H,1-2H3,(H,29,35)(H,30,36). The summed E-state index contributed by atoms with van der Waals surface area (Å²) in [6.07, 6.45) is 0. The third-order valence-corrected chi connectivity index (χ3v) is 6.55. The molecule has 2 N–H and O–H groups in total. The fourth-order valence-electron chi connectivity index (χ4n) is 4.30. The van der Waals surface area contributed by atoms with Crippen LogP contribution in [0.5, 0.6) is 0 Å². The monoisotopic (exact) mass is 600 g/mol. The maximum atomic E-state index is 12.8. The molecule has 0 bridgehead atoms. The first-order chi connectivity index (χ1) is 20.8. The highest BCUT2D eigenvalue weighted by Crippen LogP contribution is 2.31. The highest BCUT2D eigenvalue weighted by atomic mass is 16.6. The van der Waals surface area contributed by atoms with E-state index >= 15 is 0 Å². The molecule has 0 saturated heterocycles. The summed E-state index contributed by atoms with van der Waals surface area (Å²) < 4.78 is 0. The number of carbonyl (C=O) groups is 2. The minimum absolute atomic E-state index is 0.344. The SMILES string of the molecule is Cc1cc(-c2ccc(NC(=O)c3ccc([N+](=O)[O-])cc3[N+](=O)[O-])c(C)c2)ccc1NC(=O)c1ccc([N+](=O)[O-])cc1[N+](=O)[O-]. The fraction of sp³-hybridized carbons (Fsp3) is 0.0714. The molecule has 0 heterocycles. The molecule has 222 valence electrons. The molecule has 16 heteroatoms. The lowest BCUT2D eigenvalue weighted by molar-refractivity contribution is -0.394. The molecule has 44 heavy (non-hydrogen) atoms. The van der Waals surface area contributed by atoms with Crippen molar-refractivity contribution >= 4 is 45.9 Å². The van der Waals surface area contributed by atoms with Crippen molar-refractivity contribution in [3.05, 3.63) is 136 Å². The van der Waals surface area contributed by atoms with Crippen LogP contribution in [0.1, 0.15) is 31.8 Å². The van der Waals surface area contributed by atoms with Crippen LogP contribution in [0, 0.1) is 54.3 Å². The van der Waals surface area contributed by atoms with Crippen LogP contribution in [0.3, 0.4) is 0 Å². The number of hydrogen-bond donors (Lipinski definition) is 2. The lowest BCUT2D eigenvalue weighted by atomic mass is 9.99. The summed E-state index contributed by atoms with van der Waals surface area (Å²) >= 11 is 0. The summed E-state index contributed by atoms with van der Waals surface area (Å²) in [5.74, 6) is -1.65. The van der Waals surface area contributed by atoms with Gasteiger partial charge < -0.3 is 10.6 Å². The lowest BCUT2D eigenvalue weighted by Gasteiger charge is -2.13. The van der Waals surface area contributed by atoms with Crippen LogP contribution in [-0.4, -0.2) is 31.5 Å². The molecule has 4 rings (SSSR count). The third-order valence-electron chi connectivity index (χ3n) is 6.55. The van der Waals surface area contributed by atoms with Gasteiger partial charge in [-0.3, -0.25) is 50.0 Å². The Bertz CT molecular complexity index is 1770. The number of rotatable bonds is 9. The van der Waals surface area contributed by atoms with Gasteiger partial charge in [-0.1, -0.05) is 12.1 Å². The van der Waals surface area contributed by atoms with E-state index in [-0.39, 0.29) is 11.1 Å². The van der Waals surface area contributed by atoms with E-state index in [0.29, 0.717) is 45.8 Å². The number of benzene rings is 4. The van der Waals surface area contributed by atoms with Crippen LogP contribution in [0.4, 0.5) is 34.1 Å². The van der Waals surface area contributed by atoms with Gasteiger partial charge in [0.2, 0.25) is 0 Å². The summed E-state index contributed by atoms with van der Waals surface area (Å²) in [6.45, 7) is 3.39.